The number of anilines is 1. The van der Waals surface area contributed by atoms with Crippen molar-refractivity contribution in [3.63, 3.8) is 0 Å². The highest BCUT2D eigenvalue weighted by molar-refractivity contribution is 9.10. The van der Waals surface area contributed by atoms with Crippen LogP contribution in [0.5, 0.6) is 0 Å². The Morgan fingerprint density at radius 3 is 2.53 bits per heavy atom. The van der Waals surface area contributed by atoms with E-state index >= 15 is 0 Å². The van der Waals surface area contributed by atoms with Crippen LogP contribution in [0, 0.1) is 0 Å². The second-order valence-electron chi connectivity index (χ2n) is 4.46. The molecule has 0 aliphatic heterocycles. The third-order valence-electron chi connectivity index (χ3n) is 2.99. The highest BCUT2D eigenvalue weighted by Gasteiger charge is 2.14. The Balaban J connectivity index is 2.37. The summed E-state index contributed by atoms with van der Waals surface area (Å²) in [6.45, 7) is 0. The Hall–Kier alpha value is -1.88. The molecule has 0 N–H and O–H groups in total. The molecule has 3 aromatic heterocycles. The molecular formula is C14H13BrN4. The molecule has 0 spiro atoms. The van der Waals surface area contributed by atoms with Crippen LogP contribution in [-0.4, -0.2) is 28.5 Å². The van der Waals surface area contributed by atoms with Crippen LogP contribution in [-0.2, 0) is 0 Å². The maximum Gasteiger partial charge on any atom is 0.147 e. The molecule has 4 nitrogen and oxygen atoms in total. The highest BCUT2D eigenvalue weighted by atomic mass is 79.9. The van der Waals surface area contributed by atoms with Gasteiger partial charge in [0.2, 0.25) is 0 Å². The number of fused-ring (bicyclic) bond motifs is 1. The number of rotatable bonds is 2. The van der Waals surface area contributed by atoms with E-state index in [9.17, 15) is 0 Å². The van der Waals surface area contributed by atoms with Crippen molar-refractivity contribution in [2.24, 2.45) is 0 Å². The van der Waals surface area contributed by atoms with E-state index < -0.39 is 0 Å². The zero-order valence-corrected chi connectivity index (χ0v) is 12.3. The molecule has 19 heavy (non-hydrogen) atoms. The topological polar surface area (TPSA) is 33.4 Å². The Labute approximate surface area is 119 Å². The summed E-state index contributed by atoms with van der Waals surface area (Å²) in [4.78, 5) is 10.8. The normalized spacial score (nSPS) is 10.9. The van der Waals surface area contributed by atoms with Gasteiger partial charge in [-0.25, -0.2) is 4.98 Å². The van der Waals surface area contributed by atoms with E-state index in [4.69, 9.17) is 0 Å². The van der Waals surface area contributed by atoms with Gasteiger partial charge < -0.3 is 4.90 Å². The van der Waals surface area contributed by atoms with Gasteiger partial charge >= 0.3 is 0 Å². The van der Waals surface area contributed by atoms with Gasteiger partial charge in [-0.1, -0.05) is 6.07 Å². The van der Waals surface area contributed by atoms with Crippen molar-refractivity contribution in [3.8, 4) is 11.4 Å². The van der Waals surface area contributed by atoms with E-state index in [1.807, 2.05) is 32.3 Å². The summed E-state index contributed by atoms with van der Waals surface area (Å²) in [7, 11) is 4.05. The van der Waals surface area contributed by atoms with Crippen LogP contribution in [0.3, 0.4) is 0 Å². The maximum absolute atomic E-state index is 4.63. The van der Waals surface area contributed by atoms with Crippen LogP contribution in [0.2, 0.25) is 0 Å². The summed E-state index contributed by atoms with van der Waals surface area (Å²) in [6, 6.07) is 10.1. The van der Waals surface area contributed by atoms with Gasteiger partial charge in [0.05, 0.1) is 5.52 Å². The Morgan fingerprint density at radius 2 is 1.84 bits per heavy atom. The van der Waals surface area contributed by atoms with Crippen molar-refractivity contribution >= 4 is 27.3 Å². The second-order valence-corrected chi connectivity index (χ2v) is 5.21. The smallest absolute Gasteiger partial charge is 0.147 e. The number of halogens is 1. The van der Waals surface area contributed by atoms with Gasteiger partial charge in [0.25, 0.3) is 0 Å². The molecule has 0 aromatic carbocycles. The molecule has 0 fully saturated rings. The molecule has 0 radical (unpaired) electrons. The van der Waals surface area contributed by atoms with Crippen LogP contribution >= 0.6 is 15.9 Å². The van der Waals surface area contributed by atoms with Gasteiger partial charge in [0, 0.05) is 32.1 Å². The lowest BCUT2D eigenvalue weighted by Gasteiger charge is -2.16. The van der Waals surface area contributed by atoms with Crippen LogP contribution in [0.15, 0.2) is 47.3 Å². The van der Waals surface area contributed by atoms with E-state index in [1.165, 1.54) is 0 Å². The van der Waals surface area contributed by atoms with Gasteiger partial charge in [0.15, 0.2) is 0 Å². The van der Waals surface area contributed by atoms with Crippen molar-refractivity contribution in [1.29, 1.82) is 0 Å². The lowest BCUT2D eigenvalue weighted by atomic mass is 10.2. The molecule has 0 unspecified atom stereocenters. The van der Waals surface area contributed by atoms with Crippen molar-refractivity contribution in [3.05, 3.63) is 47.3 Å². The van der Waals surface area contributed by atoms with Gasteiger partial charge in [0.1, 0.15) is 16.2 Å². The quantitative estimate of drug-likeness (QED) is 0.728. The summed E-state index contributed by atoms with van der Waals surface area (Å²) in [5.74, 6) is 2.00. The zero-order chi connectivity index (χ0) is 13.4. The number of hydrogen-bond donors (Lipinski definition) is 0. The lowest BCUT2D eigenvalue weighted by molar-refractivity contribution is 1.02. The van der Waals surface area contributed by atoms with Crippen molar-refractivity contribution in [1.82, 2.24) is 14.4 Å². The van der Waals surface area contributed by atoms with Crippen LogP contribution in [0.4, 0.5) is 5.82 Å². The van der Waals surface area contributed by atoms with E-state index in [-0.39, 0.29) is 0 Å². The number of pyridine rings is 2. The minimum Gasteiger partial charge on any atom is -0.364 e. The predicted octanol–water partition coefficient (Wildman–Crippen LogP) is 3.22. The number of hydrogen-bond acceptors (Lipinski definition) is 3. The molecule has 5 heteroatoms. The Bertz CT molecular complexity index is 719. The maximum atomic E-state index is 4.63. The van der Waals surface area contributed by atoms with Crippen molar-refractivity contribution in [2.75, 3.05) is 19.0 Å². The third-order valence-corrected chi connectivity index (χ3v) is 3.58. The summed E-state index contributed by atoms with van der Waals surface area (Å²) in [5.41, 5.74) is 2.10. The summed E-state index contributed by atoms with van der Waals surface area (Å²) >= 11 is 3.53. The minimum atomic E-state index is 0.850. The predicted molar refractivity (Wildman–Crippen MR) is 80.5 cm³/mol. The zero-order valence-electron chi connectivity index (χ0n) is 10.7. The van der Waals surface area contributed by atoms with Gasteiger partial charge in [-0.2, -0.15) is 0 Å². The van der Waals surface area contributed by atoms with Gasteiger partial charge in [-0.3, -0.25) is 9.38 Å². The SMILES string of the molecule is CN(C)c1cccc2c(Br)nc(-c3ccncc3)n12. The molecule has 0 saturated carbocycles. The summed E-state index contributed by atoms with van der Waals surface area (Å²) in [6.07, 6.45) is 3.56. The second kappa shape index (κ2) is 4.66. The molecular weight excluding hydrogens is 304 g/mol. The molecule has 0 aliphatic rings. The standard InChI is InChI=1S/C14H13BrN4/c1-18(2)12-5-3-4-11-13(15)17-14(19(11)12)10-6-8-16-9-7-10/h3-9H,1-2H3. The molecule has 0 atom stereocenters. The average molecular weight is 317 g/mol. The van der Waals surface area contributed by atoms with E-state index in [0.29, 0.717) is 0 Å². The number of nitrogens with zero attached hydrogens (tertiary/aromatic N) is 4. The summed E-state index contributed by atoms with van der Waals surface area (Å²) in [5, 5.41) is 0. The fraction of sp³-hybridized carbons (Fsp3) is 0.143. The third kappa shape index (κ3) is 2.00. The van der Waals surface area contributed by atoms with E-state index in [1.54, 1.807) is 12.4 Å². The highest BCUT2D eigenvalue weighted by Crippen LogP contribution is 2.29. The first-order valence-electron chi connectivity index (χ1n) is 5.93. The fourth-order valence-electron chi connectivity index (χ4n) is 2.13. The molecule has 0 amide bonds. The van der Waals surface area contributed by atoms with Crippen LogP contribution in [0.1, 0.15) is 0 Å². The molecule has 0 saturated heterocycles. The van der Waals surface area contributed by atoms with Crippen molar-refractivity contribution < 1.29 is 0 Å². The minimum absolute atomic E-state index is 0.850. The first kappa shape index (κ1) is 12.2. The van der Waals surface area contributed by atoms with Gasteiger partial charge in [-0.15, -0.1) is 0 Å². The Kier molecular flexibility index (Phi) is 2.98. The Morgan fingerprint density at radius 1 is 1.11 bits per heavy atom. The molecule has 0 aliphatic carbocycles. The average Bonchev–Trinajstić information content (AvgIpc) is 2.77. The molecule has 3 rings (SSSR count). The fourth-order valence-corrected chi connectivity index (χ4v) is 2.60. The molecule has 96 valence electrons. The molecule has 3 heterocycles. The molecule has 0 bridgehead atoms. The van der Waals surface area contributed by atoms with Crippen LogP contribution < -0.4 is 4.90 Å². The lowest BCUT2D eigenvalue weighted by Crippen LogP contribution is -2.13. The first-order chi connectivity index (χ1) is 9.18. The van der Waals surface area contributed by atoms with E-state index in [2.05, 4.69) is 47.3 Å². The van der Waals surface area contributed by atoms with Gasteiger partial charge in [-0.05, 0) is 40.2 Å². The number of aromatic nitrogens is 3. The monoisotopic (exact) mass is 316 g/mol. The van der Waals surface area contributed by atoms with E-state index in [0.717, 1.165) is 27.3 Å². The van der Waals surface area contributed by atoms with Crippen LogP contribution in [0.25, 0.3) is 16.9 Å². The number of imidazole rings is 1. The molecule has 3 aromatic rings. The first-order valence-corrected chi connectivity index (χ1v) is 6.72. The largest absolute Gasteiger partial charge is 0.364 e. The van der Waals surface area contributed by atoms with Crippen molar-refractivity contribution in [2.45, 2.75) is 0 Å². The summed E-state index contributed by atoms with van der Waals surface area (Å²) < 4.78 is 2.99.